The summed E-state index contributed by atoms with van der Waals surface area (Å²) in [5.74, 6) is -0.0196. The van der Waals surface area contributed by atoms with Crippen molar-refractivity contribution in [2.75, 3.05) is 24.2 Å². The van der Waals surface area contributed by atoms with Crippen LogP contribution in [-0.2, 0) is 13.0 Å². The van der Waals surface area contributed by atoms with Crippen LogP contribution in [0.25, 0.3) is 0 Å². The van der Waals surface area contributed by atoms with E-state index in [0.717, 1.165) is 24.1 Å². The molecular formula is C22H20ClFN6O. The molecule has 0 saturated carbocycles. The number of nitrogens with zero attached hydrogens (tertiary/aromatic N) is 4. The number of nitrogens with one attached hydrogen (secondary N) is 2. The summed E-state index contributed by atoms with van der Waals surface area (Å²) in [4.78, 5) is 22.0. The summed E-state index contributed by atoms with van der Waals surface area (Å²) in [6.45, 7) is 1.47. The summed E-state index contributed by atoms with van der Waals surface area (Å²) in [6, 6.07) is 13.1. The fourth-order valence-corrected chi connectivity index (χ4v) is 3.12. The Balaban J connectivity index is 1.51. The first-order valence-corrected chi connectivity index (χ1v) is 9.82. The molecule has 0 unspecified atom stereocenters. The molecule has 3 aromatic rings. The van der Waals surface area contributed by atoms with E-state index >= 15 is 0 Å². The summed E-state index contributed by atoms with van der Waals surface area (Å²) in [7, 11) is 1.99. The first-order chi connectivity index (χ1) is 14.9. The number of nitriles is 1. The van der Waals surface area contributed by atoms with Gasteiger partial charge in [0, 0.05) is 23.8 Å². The largest absolute Gasteiger partial charge is 0.324 e. The zero-order chi connectivity index (χ0) is 22.2. The van der Waals surface area contributed by atoms with Crippen molar-refractivity contribution in [3.63, 3.8) is 0 Å². The number of benzene rings is 2. The zero-order valence-corrected chi connectivity index (χ0v) is 17.5. The van der Waals surface area contributed by atoms with Crippen molar-refractivity contribution in [2.45, 2.75) is 13.0 Å². The molecule has 2 aromatic carbocycles. The molecule has 0 bridgehead atoms. The second-order valence-electron chi connectivity index (χ2n) is 6.90. The number of carbonyl (C=O) groups excluding carboxylic acids is 1. The van der Waals surface area contributed by atoms with E-state index < -0.39 is 6.03 Å². The highest BCUT2D eigenvalue weighted by atomic mass is 35.5. The third-order valence-corrected chi connectivity index (χ3v) is 4.80. The minimum absolute atomic E-state index is 0.164. The van der Waals surface area contributed by atoms with E-state index in [4.69, 9.17) is 16.9 Å². The molecule has 7 nitrogen and oxygen atoms in total. The van der Waals surface area contributed by atoms with Crippen LogP contribution in [0.1, 0.15) is 16.8 Å². The molecule has 0 spiro atoms. The van der Waals surface area contributed by atoms with Crippen LogP contribution in [0.4, 0.5) is 20.7 Å². The van der Waals surface area contributed by atoms with Crippen molar-refractivity contribution < 1.29 is 9.18 Å². The molecule has 31 heavy (non-hydrogen) atoms. The van der Waals surface area contributed by atoms with Crippen LogP contribution >= 0.6 is 11.6 Å². The highest BCUT2D eigenvalue weighted by molar-refractivity contribution is 6.31. The maximum absolute atomic E-state index is 13.0. The number of rotatable bonds is 7. The SMILES string of the molecule is CN(CCc1ccc(NC(=O)Nc2cnc(C#N)cn2)cc1Cl)Cc1ccc(F)cc1. The Hall–Kier alpha value is -3.54. The number of carbonyl (C=O) groups is 1. The molecule has 3 rings (SSSR count). The van der Waals surface area contributed by atoms with Crippen molar-refractivity contribution in [2.24, 2.45) is 0 Å². The molecule has 0 radical (unpaired) electrons. The van der Waals surface area contributed by atoms with Crippen LogP contribution in [0.15, 0.2) is 54.9 Å². The quantitative estimate of drug-likeness (QED) is 0.568. The minimum Gasteiger partial charge on any atom is -0.308 e. The van der Waals surface area contributed by atoms with Gasteiger partial charge < -0.3 is 10.2 Å². The predicted octanol–water partition coefficient (Wildman–Crippen LogP) is 4.46. The highest BCUT2D eigenvalue weighted by Crippen LogP contribution is 2.22. The molecular weight excluding hydrogens is 419 g/mol. The molecule has 2 amide bonds. The maximum atomic E-state index is 13.0. The Labute approximate surface area is 184 Å². The van der Waals surface area contributed by atoms with Gasteiger partial charge in [-0.25, -0.2) is 19.2 Å². The second-order valence-corrected chi connectivity index (χ2v) is 7.31. The van der Waals surface area contributed by atoms with Crippen LogP contribution in [0.3, 0.4) is 0 Å². The van der Waals surface area contributed by atoms with Crippen molar-refractivity contribution in [3.8, 4) is 6.07 Å². The number of amides is 2. The number of halogens is 2. The average Bonchev–Trinajstić information content (AvgIpc) is 2.75. The van der Waals surface area contributed by atoms with E-state index in [1.54, 1.807) is 24.3 Å². The summed E-state index contributed by atoms with van der Waals surface area (Å²) < 4.78 is 13.0. The standard InChI is InChI=1S/C22H20ClFN6O/c1-30(14-15-2-5-17(24)6-3-15)9-8-16-4-7-18(10-20(16)23)28-22(31)29-21-13-26-19(11-25)12-27-21/h2-7,10,12-13H,8-9,14H2,1H3,(H2,27,28,29,31). The van der Waals surface area contributed by atoms with Gasteiger partial charge in [0.15, 0.2) is 11.5 Å². The van der Waals surface area contributed by atoms with Crippen molar-refractivity contribution in [3.05, 3.63) is 82.5 Å². The molecule has 1 heterocycles. The van der Waals surface area contributed by atoms with Crippen molar-refractivity contribution in [1.82, 2.24) is 14.9 Å². The summed E-state index contributed by atoms with van der Waals surface area (Å²) in [6.07, 6.45) is 3.30. The van der Waals surface area contributed by atoms with Crippen molar-refractivity contribution >= 4 is 29.1 Å². The third kappa shape index (κ3) is 6.74. The molecule has 0 atom stereocenters. The maximum Gasteiger partial charge on any atom is 0.324 e. The van der Waals surface area contributed by atoms with Gasteiger partial charge in [0.05, 0.1) is 12.4 Å². The number of likely N-dealkylation sites (N-methyl/N-ethyl adjacent to an activating group) is 1. The van der Waals surface area contributed by atoms with Crippen LogP contribution < -0.4 is 10.6 Å². The lowest BCUT2D eigenvalue weighted by Gasteiger charge is -2.17. The minimum atomic E-state index is -0.498. The number of urea groups is 1. The lowest BCUT2D eigenvalue weighted by molar-refractivity contribution is 0.262. The fraction of sp³-hybridized carbons (Fsp3) is 0.182. The van der Waals surface area contributed by atoms with Crippen LogP contribution in [0.5, 0.6) is 0 Å². The Morgan fingerprint density at radius 1 is 1.16 bits per heavy atom. The van der Waals surface area contributed by atoms with Gasteiger partial charge in [0.2, 0.25) is 0 Å². The molecule has 0 aliphatic rings. The van der Waals surface area contributed by atoms with Gasteiger partial charge in [-0.2, -0.15) is 5.26 Å². The molecule has 0 aliphatic heterocycles. The molecule has 2 N–H and O–H groups in total. The lowest BCUT2D eigenvalue weighted by atomic mass is 10.1. The third-order valence-electron chi connectivity index (χ3n) is 4.45. The number of hydrogen-bond acceptors (Lipinski definition) is 5. The predicted molar refractivity (Wildman–Crippen MR) is 117 cm³/mol. The summed E-state index contributed by atoms with van der Waals surface area (Å²) >= 11 is 6.38. The number of aromatic nitrogens is 2. The average molecular weight is 439 g/mol. The van der Waals surface area contributed by atoms with E-state index in [-0.39, 0.29) is 17.3 Å². The molecule has 9 heteroatoms. The highest BCUT2D eigenvalue weighted by Gasteiger charge is 2.08. The fourth-order valence-electron chi connectivity index (χ4n) is 2.85. The van der Waals surface area contributed by atoms with Gasteiger partial charge in [-0.3, -0.25) is 5.32 Å². The van der Waals surface area contributed by atoms with Crippen LogP contribution in [0, 0.1) is 17.1 Å². The zero-order valence-electron chi connectivity index (χ0n) is 16.8. The number of anilines is 2. The van der Waals surface area contributed by atoms with Gasteiger partial charge in [-0.15, -0.1) is 0 Å². The Morgan fingerprint density at radius 3 is 2.58 bits per heavy atom. The van der Waals surface area contributed by atoms with E-state index in [2.05, 4.69) is 25.5 Å². The molecule has 0 fully saturated rings. The molecule has 0 saturated heterocycles. The summed E-state index contributed by atoms with van der Waals surface area (Å²) in [5, 5.41) is 14.5. The van der Waals surface area contributed by atoms with Gasteiger partial charge in [0.25, 0.3) is 0 Å². The number of hydrogen-bond donors (Lipinski definition) is 2. The van der Waals surface area contributed by atoms with E-state index in [1.807, 2.05) is 19.2 Å². The Morgan fingerprint density at radius 2 is 1.94 bits per heavy atom. The van der Waals surface area contributed by atoms with E-state index in [9.17, 15) is 9.18 Å². The smallest absolute Gasteiger partial charge is 0.308 e. The van der Waals surface area contributed by atoms with Gasteiger partial charge in [-0.05, 0) is 48.9 Å². The monoisotopic (exact) mass is 438 g/mol. The molecule has 158 valence electrons. The van der Waals surface area contributed by atoms with Gasteiger partial charge in [0.1, 0.15) is 11.9 Å². The van der Waals surface area contributed by atoms with Crippen molar-refractivity contribution in [1.29, 1.82) is 5.26 Å². The lowest BCUT2D eigenvalue weighted by Crippen LogP contribution is -2.21. The van der Waals surface area contributed by atoms with E-state index in [1.165, 1.54) is 24.5 Å². The normalized spacial score (nSPS) is 10.5. The second kappa shape index (κ2) is 10.5. The topological polar surface area (TPSA) is 93.9 Å². The van der Waals surface area contributed by atoms with Gasteiger partial charge >= 0.3 is 6.03 Å². The Kier molecular flexibility index (Phi) is 7.49. The Bertz CT molecular complexity index is 1080. The van der Waals surface area contributed by atoms with Crippen LogP contribution in [-0.4, -0.2) is 34.5 Å². The molecule has 1 aromatic heterocycles. The first kappa shape index (κ1) is 22.2. The van der Waals surface area contributed by atoms with Gasteiger partial charge in [-0.1, -0.05) is 29.8 Å². The molecule has 0 aliphatic carbocycles. The van der Waals surface area contributed by atoms with E-state index in [0.29, 0.717) is 17.3 Å². The first-order valence-electron chi connectivity index (χ1n) is 9.44. The van der Waals surface area contributed by atoms with Crippen LogP contribution in [0.2, 0.25) is 5.02 Å². The summed E-state index contributed by atoms with van der Waals surface area (Å²) in [5.41, 5.74) is 2.69.